The molecule has 0 spiro atoms. The number of nitrogens with one attached hydrogen (secondary N) is 2. The number of ether oxygens (including phenoxy) is 1. The van der Waals surface area contributed by atoms with Gasteiger partial charge in [0, 0.05) is 6.07 Å². The van der Waals surface area contributed by atoms with E-state index < -0.39 is 23.5 Å². The van der Waals surface area contributed by atoms with Gasteiger partial charge in [-0.25, -0.2) is 13.6 Å². The van der Waals surface area contributed by atoms with Crippen molar-refractivity contribution >= 4 is 29.1 Å². The Hall–Kier alpha value is -3.88. The third-order valence-electron chi connectivity index (χ3n) is 3.76. The van der Waals surface area contributed by atoms with Gasteiger partial charge in [-0.2, -0.15) is 0 Å². The third kappa shape index (κ3) is 4.89. The lowest BCUT2D eigenvalue weighted by Crippen LogP contribution is -2.17. The summed E-state index contributed by atoms with van der Waals surface area (Å²) in [6, 6.07) is 12.2. The van der Waals surface area contributed by atoms with Crippen molar-refractivity contribution in [3.05, 3.63) is 77.5 Å². The van der Waals surface area contributed by atoms with Crippen LogP contribution in [0.4, 0.5) is 26.0 Å². The number of carbonyl (C=O) groups is 2. The first-order valence-electron chi connectivity index (χ1n) is 8.61. The average Bonchev–Trinajstić information content (AvgIpc) is 2.71. The van der Waals surface area contributed by atoms with Crippen molar-refractivity contribution in [2.45, 2.75) is 6.92 Å². The van der Waals surface area contributed by atoms with Crippen molar-refractivity contribution in [3.63, 3.8) is 0 Å². The second-order valence-electron chi connectivity index (χ2n) is 5.77. The van der Waals surface area contributed by atoms with Crippen molar-refractivity contribution in [1.29, 1.82) is 0 Å². The van der Waals surface area contributed by atoms with Crippen LogP contribution in [0.3, 0.4) is 0 Å². The fraction of sp³-hybridized carbons (Fsp3) is 0.100. The maximum atomic E-state index is 13.7. The largest absolute Gasteiger partial charge is 0.462 e. The highest BCUT2D eigenvalue weighted by molar-refractivity contribution is 6.07. The van der Waals surface area contributed by atoms with E-state index in [1.165, 1.54) is 24.3 Å². The first-order valence-corrected chi connectivity index (χ1v) is 8.61. The van der Waals surface area contributed by atoms with Gasteiger partial charge in [0.15, 0.2) is 11.5 Å². The van der Waals surface area contributed by atoms with Crippen molar-refractivity contribution in [1.82, 2.24) is 10.2 Å². The number of halogens is 2. The Morgan fingerprint density at radius 2 is 1.79 bits per heavy atom. The molecule has 148 valence electrons. The molecular formula is C20H16F2N4O3. The molecule has 0 atom stereocenters. The van der Waals surface area contributed by atoms with Gasteiger partial charge in [0.05, 0.1) is 23.5 Å². The highest BCUT2D eigenvalue weighted by atomic mass is 19.1. The molecule has 0 bridgehead atoms. The van der Waals surface area contributed by atoms with E-state index >= 15 is 0 Å². The third-order valence-corrected chi connectivity index (χ3v) is 3.76. The summed E-state index contributed by atoms with van der Waals surface area (Å²) in [6.45, 7) is 1.89. The van der Waals surface area contributed by atoms with E-state index in [1.807, 2.05) is 0 Å². The molecule has 7 nitrogen and oxygen atoms in total. The van der Waals surface area contributed by atoms with Gasteiger partial charge >= 0.3 is 5.97 Å². The first-order chi connectivity index (χ1) is 14.0. The van der Waals surface area contributed by atoms with Crippen LogP contribution in [-0.2, 0) is 4.74 Å². The summed E-state index contributed by atoms with van der Waals surface area (Å²) in [7, 11) is 0. The number of para-hydroxylation sites is 1. The molecule has 3 rings (SSSR count). The number of rotatable bonds is 6. The molecule has 1 aromatic heterocycles. The van der Waals surface area contributed by atoms with Crippen molar-refractivity contribution in [3.8, 4) is 0 Å². The number of anilines is 3. The van der Waals surface area contributed by atoms with Gasteiger partial charge in [0.1, 0.15) is 11.6 Å². The predicted octanol–water partition coefficient (Wildman–Crippen LogP) is 3.93. The van der Waals surface area contributed by atoms with Crippen LogP contribution < -0.4 is 10.6 Å². The highest BCUT2D eigenvalue weighted by Gasteiger charge is 2.16. The van der Waals surface area contributed by atoms with Crippen LogP contribution in [0.5, 0.6) is 0 Å². The standard InChI is InChI=1S/C20H16F2N4O3/c1-2-29-20(28)13-5-3-4-6-15(13)24-19(27)17-9-10-18(26-25-17)23-16-8-7-12(21)11-14(16)22/h3-11H,2H2,1H3,(H,23,26)(H,24,27). The zero-order valence-electron chi connectivity index (χ0n) is 15.3. The fourth-order valence-electron chi connectivity index (χ4n) is 2.41. The number of carbonyl (C=O) groups excluding carboxylic acids is 2. The van der Waals surface area contributed by atoms with E-state index in [9.17, 15) is 18.4 Å². The second-order valence-corrected chi connectivity index (χ2v) is 5.77. The molecule has 0 radical (unpaired) electrons. The summed E-state index contributed by atoms with van der Waals surface area (Å²) in [5, 5.41) is 12.8. The Morgan fingerprint density at radius 1 is 1.00 bits per heavy atom. The maximum absolute atomic E-state index is 13.7. The molecule has 1 amide bonds. The predicted molar refractivity (Wildman–Crippen MR) is 102 cm³/mol. The lowest BCUT2D eigenvalue weighted by Gasteiger charge is -2.10. The van der Waals surface area contributed by atoms with Gasteiger partial charge in [-0.3, -0.25) is 4.79 Å². The van der Waals surface area contributed by atoms with Gasteiger partial charge in [0.2, 0.25) is 0 Å². The van der Waals surface area contributed by atoms with Gasteiger partial charge in [-0.05, 0) is 43.3 Å². The Morgan fingerprint density at radius 3 is 2.48 bits per heavy atom. The molecule has 0 unspecified atom stereocenters. The molecule has 1 heterocycles. The monoisotopic (exact) mass is 398 g/mol. The number of esters is 1. The summed E-state index contributed by atoms with van der Waals surface area (Å²) in [4.78, 5) is 24.4. The molecule has 0 fully saturated rings. The van der Waals surface area contributed by atoms with Crippen LogP contribution in [0.2, 0.25) is 0 Å². The number of hydrogen-bond donors (Lipinski definition) is 2. The van der Waals surface area contributed by atoms with E-state index in [0.29, 0.717) is 0 Å². The molecule has 2 aromatic carbocycles. The van der Waals surface area contributed by atoms with Crippen LogP contribution in [0.1, 0.15) is 27.8 Å². The zero-order valence-corrected chi connectivity index (χ0v) is 15.3. The van der Waals surface area contributed by atoms with Gasteiger partial charge in [-0.15, -0.1) is 10.2 Å². The number of benzene rings is 2. The lowest BCUT2D eigenvalue weighted by atomic mass is 10.1. The fourth-order valence-corrected chi connectivity index (χ4v) is 2.41. The Kier molecular flexibility index (Phi) is 6.08. The van der Waals surface area contributed by atoms with Crippen molar-refractivity contribution in [2.75, 3.05) is 17.2 Å². The van der Waals surface area contributed by atoms with E-state index in [0.717, 1.165) is 12.1 Å². The molecule has 0 aliphatic rings. The Labute approximate surface area is 164 Å². The summed E-state index contributed by atoms with van der Waals surface area (Å²) >= 11 is 0. The lowest BCUT2D eigenvalue weighted by molar-refractivity contribution is 0.0527. The topological polar surface area (TPSA) is 93.2 Å². The summed E-state index contributed by atoms with van der Waals surface area (Å²) in [5.41, 5.74) is 0.476. The van der Waals surface area contributed by atoms with Crippen molar-refractivity contribution < 1.29 is 23.1 Å². The van der Waals surface area contributed by atoms with E-state index in [-0.39, 0.29) is 35.1 Å². The molecule has 3 aromatic rings. The minimum atomic E-state index is -0.788. The molecule has 0 saturated carbocycles. The molecule has 29 heavy (non-hydrogen) atoms. The minimum Gasteiger partial charge on any atom is -0.462 e. The Bertz CT molecular complexity index is 1040. The second kappa shape index (κ2) is 8.87. The summed E-state index contributed by atoms with van der Waals surface area (Å²) in [6.07, 6.45) is 0. The maximum Gasteiger partial charge on any atom is 0.340 e. The van der Waals surface area contributed by atoms with Crippen LogP contribution in [0.25, 0.3) is 0 Å². The number of hydrogen-bond acceptors (Lipinski definition) is 6. The normalized spacial score (nSPS) is 10.3. The molecule has 0 aliphatic heterocycles. The zero-order chi connectivity index (χ0) is 20.8. The molecule has 2 N–H and O–H groups in total. The molecular weight excluding hydrogens is 382 g/mol. The number of amides is 1. The minimum absolute atomic E-state index is 0.0151. The van der Waals surface area contributed by atoms with Crippen LogP contribution >= 0.6 is 0 Å². The summed E-state index contributed by atoms with van der Waals surface area (Å²) < 4.78 is 31.6. The van der Waals surface area contributed by atoms with Gasteiger partial charge < -0.3 is 15.4 Å². The van der Waals surface area contributed by atoms with Gasteiger partial charge in [-0.1, -0.05) is 12.1 Å². The number of nitrogens with zero attached hydrogens (tertiary/aromatic N) is 2. The quantitative estimate of drug-likeness (QED) is 0.611. The van der Waals surface area contributed by atoms with E-state index in [1.54, 1.807) is 25.1 Å². The first kappa shape index (κ1) is 19.9. The van der Waals surface area contributed by atoms with Crippen LogP contribution in [-0.4, -0.2) is 28.7 Å². The van der Waals surface area contributed by atoms with E-state index in [4.69, 9.17) is 4.74 Å². The summed E-state index contributed by atoms with van der Waals surface area (Å²) in [5.74, 6) is -2.47. The van der Waals surface area contributed by atoms with E-state index in [2.05, 4.69) is 20.8 Å². The molecule has 0 aliphatic carbocycles. The smallest absolute Gasteiger partial charge is 0.340 e. The van der Waals surface area contributed by atoms with Gasteiger partial charge in [0.25, 0.3) is 5.91 Å². The van der Waals surface area contributed by atoms with Crippen LogP contribution in [0, 0.1) is 11.6 Å². The number of aromatic nitrogens is 2. The van der Waals surface area contributed by atoms with Crippen molar-refractivity contribution in [2.24, 2.45) is 0 Å². The van der Waals surface area contributed by atoms with Crippen LogP contribution in [0.15, 0.2) is 54.6 Å². The average molecular weight is 398 g/mol. The highest BCUT2D eigenvalue weighted by Crippen LogP contribution is 2.20. The SMILES string of the molecule is CCOC(=O)c1ccccc1NC(=O)c1ccc(Nc2ccc(F)cc2F)nn1. The Balaban J connectivity index is 1.72. The molecule has 9 heteroatoms. The molecule has 0 saturated heterocycles.